The van der Waals surface area contributed by atoms with E-state index in [-0.39, 0.29) is 17.9 Å². The maximum atomic E-state index is 12.7. The molecule has 0 atom stereocenters. The van der Waals surface area contributed by atoms with Crippen LogP contribution in [0, 0.1) is 5.92 Å². The molecule has 2 N–H and O–H groups in total. The highest BCUT2D eigenvalue weighted by Gasteiger charge is 2.31. The minimum absolute atomic E-state index is 0.125. The molecule has 1 fully saturated rings. The van der Waals surface area contributed by atoms with Crippen LogP contribution < -0.4 is 5.32 Å². The third-order valence-electron chi connectivity index (χ3n) is 5.93. The lowest BCUT2D eigenvalue weighted by atomic mass is 9.77. The van der Waals surface area contributed by atoms with Gasteiger partial charge in [0, 0.05) is 28.8 Å². The lowest BCUT2D eigenvalue weighted by Crippen LogP contribution is -2.41. The van der Waals surface area contributed by atoms with Gasteiger partial charge in [0.25, 0.3) is 5.91 Å². The first-order valence-electron chi connectivity index (χ1n) is 9.98. The van der Waals surface area contributed by atoms with Crippen molar-refractivity contribution < 1.29 is 14.3 Å². The Morgan fingerprint density at radius 2 is 1.97 bits per heavy atom. The molecule has 0 aliphatic heterocycles. The van der Waals surface area contributed by atoms with E-state index < -0.39 is 5.60 Å². The molecule has 1 aliphatic rings. The average molecular weight is 413 g/mol. The first kappa shape index (κ1) is 19.9. The van der Waals surface area contributed by atoms with Gasteiger partial charge in [0.2, 0.25) is 0 Å². The van der Waals surface area contributed by atoms with Crippen molar-refractivity contribution in [2.24, 2.45) is 5.92 Å². The summed E-state index contributed by atoms with van der Waals surface area (Å²) in [6.07, 6.45) is 6.88. The van der Waals surface area contributed by atoms with Crippen molar-refractivity contribution in [2.45, 2.75) is 51.2 Å². The van der Waals surface area contributed by atoms with E-state index in [0.29, 0.717) is 10.6 Å². The SMILES string of the molecule is CC(C)(O)[C@H]1CC[C@H](NC(=O)c2ccc(-c3nccc4occc34)c(Cl)c2)CC1. The van der Waals surface area contributed by atoms with Gasteiger partial charge in [0.15, 0.2) is 0 Å². The first-order valence-corrected chi connectivity index (χ1v) is 10.4. The Morgan fingerprint density at radius 3 is 2.66 bits per heavy atom. The zero-order valence-corrected chi connectivity index (χ0v) is 17.4. The van der Waals surface area contributed by atoms with Crippen LogP contribution >= 0.6 is 11.6 Å². The molecule has 1 aromatic carbocycles. The number of amides is 1. The monoisotopic (exact) mass is 412 g/mol. The Hall–Kier alpha value is -2.37. The normalized spacial score (nSPS) is 20.0. The van der Waals surface area contributed by atoms with Gasteiger partial charge in [0.05, 0.1) is 22.6 Å². The van der Waals surface area contributed by atoms with Crippen molar-refractivity contribution in [2.75, 3.05) is 0 Å². The van der Waals surface area contributed by atoms with Crippen molar-refractivity contribution in [1.82, 2.24) is 10.3 Å². The highest BCUT2D eigenvalue weighted by Crippen LogP contribution is 2.34. The molecule has 0 spiro atoms. The molecule has 0 unspecified atom stereocenters. The molecule has 2 aromatic heterocycles. The summed E-state index contributed by atoms with van der Waals surface area (Å²) in [5, 5.41) is 14.6. The summed E-state index contributed by atoms with van der Waals surface area (Å²) < 4.78 is 5.43. The van der Waals surface area contributed by atoms with Gasteiger partial charge in [-0.1, -0.05) is 17.7 Å². The summed E-state index contributed by atoms with van der Waals surface area (Å²) in [5.74, 6) is 0.155. The van der Waals surface area contributed by atoms with Gasteiger partial charge in [-0.3, -0.25) is 9.78 Å². The number of aromatic nitrogens is 1. The lowest BCUT2D eigenvalue weighted by Gasteiger charge is -2.36. The van der Waals surface area contributed by atoms with Crippen LogP contribution in [0.4, 0.5) is 0 Å². The maximum Gasteiger partial charge on any atom is 0.251 e. The zero-order valence-electron chi connectivity index (χ0n) is 16.6. The number of hydrogen-bond acceptors (Lipinski definition) is 4. The third-order valence-corrected chi connectivity index (χ3v) is 6.24. The highest BCUT2D eigenvalue weighted by atomic mass is 35.5. The summed E-state index contributed by atoms with van der Waals surface area (Å²) >= 11 is 6.51. The molecule has 2 heterocycles. The molecule has 0 bridgehead atoms. The summed E-state index contributed by atoms with van der Waals surface area (Å²) in [6.45, 7) is 3.72. The third kappa shape index (κ3) is 4.16. The largest absolute Gasteiger partial charge is 0.464 e. The lowest BCUT2D eigenvalue weighted by molar-refractivity contribution is -0.00257. The van der Waals surface area contributed by atoms with Crippen LogP contribution in [-0.2, 0) is 0 Å². The second-order valence-corrected chi connectivity index (χ2v) is 8.77. The van der Waals surface area contributed by atoms with E-state index in [1.807, 2.05) is 26.0 Å². The Balaban J connectivity index is 1.47. The van der Waals surface area contributed by atoms with E-state index in [0.717, 1.165) is 47.9 Å². The molecule has 1 amide bonds. The van der Waals surface area contributed by atoms with E-state index in [9.17, 15) is 9.90 Å². The predicted molar refractivity (Wildman–Crippen MR) is 114 cm³/mol. The van der Waals surface area contributed by atoms with E-state index in [1.165, 1.54) is 0 Å². The fourth-order valence-electron chi connectivity index (χ4n) is 4.17. The van der Waals surface area contributed by atoms with Gasteiger partial charge in [0.1, 0.15) is 5.58 Å². The molecule has 4 rings (SSSR count). The molecule has 152 valence electrons. The van der Waals surface area contributed by atoms with Gasteiger partial charge in [-0.15, -0.1) is 0 Å². The molecule has 6 heteroatoms. The van der Waals surface area contributed by atoms with Crippen LogP contribution in [0.3, 0.4) is 0 Å². The summed E-state index contributed by atoms with van der Waals surface area (Å²) in [5.41, 5.74) is 2.11. The number of nitrogens with one attached hydrogen (secondary N) is 1. The molecule has 0 radical (unpaired) electrons. The number of furan rings is 1. The average Bonchev–Trinajstić information content (AvgIpc) is 3.16. The van der Waals surface area contributed by atoms with Crippen molar-refractivity contribution in [3.8, 4) is 11.3 Å². The van der Waals surface area contributed by atoms with Crippen LogP contribution in [0.2, 0.25) is 5.02 Å². The maximum absolute atomic E-state index is 12.7. The standard InChI is InChI=1S/C23H25ClN2O3/c1-23(2,28)15-4-6-16(7-5-15)26-22(27)14-3-8-17(19(24)13-14)21-18-10-12-29-20(18)9-11-25-21/h3,8-13,15-16,28H,4-7H2,1-2H3,(H,26,27)/t15-,16-. The summed E-state index contributed by atoms with van der Waals surface area (Å²) in [7, 11) is 0. The topological polar surface area (TPSA) is 75.4 Å². The van der Waals surface area contributed by atoms with Crippen LogP contribution in [0.1, 0.15) is 49.9 Å². The number of halogens is 1. The number of carbonyl (C=O) groups is 1. The number of nitrogens with zero attached hydrogens (tertiary/aromatic N) is 1. The van der Waals surface area contributed by atoms with E-state index in [2.05, 4.69) is 10.3 Å². The van der Waals surface area contributed by atoms with Gasteiger partial charge >= 0.3 is 0 Å². The number of pyridine rings is 1. The Bertz CT molecular complexity index is 1030. The molecule has 0 saturated heterocycles. The number of fused-ring (bicyclic) bond motifs is 1. The predicted octanol–water partition coefficient (Wildman–Crippen LogP) is 5.21. The minimum Gasteiger partial charge on any atom is -0.464 e. The summed E-state index contributed by atoms with van der Waals surface area (Å²) in [6, 6.07) is 9.09. The van der Waals surface area contributed by atoms with Crippen molar-refractivity contribution in [3.63, 3.8) is 0 Å². The van der Waals surface area contributed by atoms with E-state index in [4.69, 9.17) is 16.0 Å². The van der Waals surface area contributed by atoms with E-state index in [1.54, 1.807) is 30.7 Å². The summed E-state index contributed by atoms with van der Waals surface area (Å²) in [4.78, 5) is 17.2. The molecular formula is C23H25ClN2O3. The minimum atomic E-state index is -0.662. The number of aliphatic hydroxyl groups is 1. The van der Waals surface area contributed by atoms with Gasteiger partial charge in [-0.05, 0) is 69.7 Å². The van der Waals surface area contributed by atoms with Crippen molar-refractivity contribution in [1.29, 1.82) is 0 Å². The van der Waals surface area contributed by atoms with Crippen LogP contribution in [-0.4, -0.2) is 27.6 Å². The second kappa shape index (κ2) is 7.81. The van der Waals surface area contributed by atoms with Gasteiger partial charge in [-0.25, -0.2) is 0 Å². The Labute approximate surface area is 175 Å². The van der Waals surface area contributed by atoms with Crippen LogP contribution in [0.15, 0.2) is 47.2 Å². The molecular weight excluding hydrogens is 388 g/mol. The van der Waals surface area contributed by atoms with Crippen molar-refractivity contribution >= 4 is 28.5 Å². The molecule has 1 saturated carbocycles. The zero-order chi connectivity index (χ0) is 20.6. The fraction of sp³-hybridized carbons (Fsp3) is 0.391. The fourth-order valence-corrected chi connectivity index (χ4v) is 4.44. The molecule has 3 aromatic rings. The number of hydrogen-bond donors (Lipinski definition) is 2. The van der Waals surface area contributed by atoms with Gasteiger partial charge in [-0.2, -0.15) is 0 Å². The van der Waals surface area contributed by atoms with Crippen LogP contribution in [0.25, 0.3) is 22.2 Å². The second-order valence-electron chi connectivity index (χ2n) is 8.36. The quantitative estimate of drug-likeness (QED) is 0.616. The Kier molecular flexibility index (Phi) is 5.36. The van der Waals surface area contributed by atoms with Crippen LogP contribution in [0.5, 0.6) is 0 Å². The number of carbonyl (C=O) groups excluding carboxylic acids is 1. The molecule has 29 heavy (non-hydrogen) atoms. The molecule has 5 nitrogen and oxygen atoms in total. The number of rotatable bonds is 4. The smallest absolute Gasteiger partial charge is 0.251 e. The first-order chi connectivity index (χ1) is 13.8. The highest BCUT2D eigenvalue weighted by molar-refractivity contribution is 6.34. The van der Waals surface area contributed by atoms with Gasteiger partial charge < -0.3 is 14.8 Å². The number of benzene rings is 1. The molecule has 1 aliphatic carbocycles. The van der Waals surface area contributed by atoms with E-state index >= 15 is 0 Å². The van der Waals surface area contributed by atoms with Crippen molar-refractivity contribution in [3.05, 3.63) is 53.4 Å². The Morgan fingerprint density at radius 1 is 1.21 bits per heavy atom.